The average Bonchev–Trinajstić information content (AvgIpc) is 2.79. The first-order valence-electron chi connectivity index (χ1n) is 11.3. The maximum absolute atomic E-state index is 13.0. The first kappa shape index (κ1) is 21.8. The SMILES string of the molecule is CCCc1cc(=O)oc2cc(OCC(=O)N3CC4CC(C3)c3cccc(=O)n3C4)c(Cl)cc12. The Hall–Kier alpha value is -3.06. The van der Waals surface area contributed by atoms with Crippen LogP contribution in [0.5, 0.6) is 5.75 Å². The molecule has 2 atom stereocenters. The molecular formula is C25H25ClN2O5. The minimum atomic E-state index is -0.422. The van der Waals surface area contributed by atoms with Crippen molar-refractivity contribution in [2.45, 2.75) is 38.6 Å². The third-order valence-electron chi connectivity index (χ3n) is 6.59. The van der Waals surface area contributed by atoms with Crippen LogP contribution in [-0.2, 0) is 17.8 Å². The van der Waals surface area contributed by atoms with Crippen LogP contribution in [0.2, 0.25) is 5.02 Å². The summed E-state index contributed by atoms with van der Waals surface area (Å²) in [5.74, 6) is 0.568. The summed E-state index contributed by atoms with van der Waals surface area (Å²) < 4.78 is 13.0. The first-order chi connectivity index (χ1) is 15.9. The van der Waals surface area contributed by atoms with Crippen molar-refractivity contribution in [3.8, 4) is 5.75 Å². The van der Waals surface area contributed by atoms with Gasteiger partial charge in [-0.3, -0.25) is 9.59 Å². The van der Waals surface area contributed by atoms with Crippen LogP contribution in [0.1, 0.15) is 36.9 Å². The molecule has 1 amide bonds. The fraction of sp³-hybridized carbons (Fsp3) is 0.400. The van der Waals surface area contributed by atoms with Gasteiger partial charge in [0.1, 0.15) is 11.3 Å². The minimum absolute atomic E-state index is 0.0185. The molecule has 0 saturated carbocycles. The number of rotatable bonds is 5. The number of nitrogens with zero attached hydrogens (tertiary/aromatic N) is 2. The quantitative estimate of drug-likeness (QED) is 0.534. The number of carbonyl (C=O) groups is 1. The predicted molar refractivity (Wildman–Crippen MR) is 125 cm³/mol. The zero-order chi connectivity index (χ0) is 23.1. The number of carbonyl (C=O) groups excluding carboxylic acids is 1. The molecule has 1 aromatic carbocycles. The highest BCUT2D eigenvalue weighted by molar-refractivity contribution is 6.32. The topological polar surface area (TPSA) is 81.8 Å². The zero-order valence-electron chi connectivity index (χ0n) is 18.4. The molecule has 2 bridgehead atoms. The summed E-state index contributed by atoms with van der Waals surface area (Å²) in [6.07, 6.45) is 2.60. The molecule has 7 nitrogen and oxygen atoms in total. The number of ether oxygens (including phenoxy) is 1. The number of hydrogen-bond donors (Lipinski definition) is 0. The van der Waals surface area contributed by atoms with Gasteiger partial charge in [-0.25, -0.2) is 4.79 Å². The Morgan fingerprint density at radius 1 is 1.18 bits per heavy atom. The molecule has 2 aromatic heterocycles. The van der Waals surface area contributed by atoms with Crippen LogP contribution in [0, 0.1) is 5.92 Å². The lowest BCUT2D eigenvalue weighted by atomic mass is 9.83. The number of likely N-dealkylation sites (tertiary alicyclic amines) is 1. The second-order valence-electron chi connectivity index (χ2n) is 8.91. The number of aromatic nitrogens is 1. The van der Waals surface area contributed by atoms with Crippen molar-refractivity contribution in [2.75, 3.05) is 19.7 Å². The number of halogens is 1. The summed E-state index contributed by atoms with van der Waals surface area (Å²) in [7, 11) is 0. The number of piperidine rings is 1. The van der Waals surface area contributed by atoms with E-state index >= 15 is 0 Å². The molecule has 2 aliphatic rings. The van der Waals surface area contributed by atoms with E-state index in [4.69, 9.17) is 20.8 Å². The normalized spacial score (nSPS) is 19.4. The second kappa shape index (κ2) is 8.71. The summed E-state index contributed by atoms with van der Waals surface area (Å²) in [4.78, 5) is 38.9. The molecule has 4 heterocycles. The molecule has 0 spiro atoms. The molecule has 0 N–H and O–H groups in total. The molecule has 0 radical (unpaired) electrons. The molecule has 8 heteroatoms. The summed E-state index contributed by atoms with van der Waals surface area (Å²) in [6, 6.07) is 10.1. The van der Waals surface area contributed by atoms with Crippen molar-refractivity contribution in [2.24, 2.45) is 5.92 Å². The van der Waals surface area contributed by atoms with Crippen molar-refractivity contribution >= 4 is 28.5 Å². The standard InChI is InChI=1S/C25H25ClN2O5/c1-2-4-16-8-25(31)33-21-10-22(19(26)9-18(16)21)32-14-24(30)27-11-15-7-17(13-27)20-5-3-6-23(29)28(20)12-15/h3,5-6,8-10,15,17H,2,4,7,11-14H2,1H3. The van der Waals surface area contributed by atoms with Crippen LogP contribution in [0.15, 0.2) is 50.4 Å². The fourth-order valence-electron chi connectivity index (χ4n) is 5.15. The second-order valence-corrected chi connectivity index (χ2v) is 9.31. The molecule has 2 aliphatic heterocycles. The lowest BCUT2D eigenvalue weighted by Gasteiger charge is -2.42. The number of aryl methyl sites for hydroxylation is 1. The number of benzene rings is 1. The highest BCUT2D eigenvalue weighted by Gasteiger charge is 2.36. The van der Waals surface area contributed by atoms with E-state index in [0.29, 0.717) is 36.0 Å². The first-order valence-corrected chi connectivity index (χ1v) is 11.7. The van der Waals surface area contributed by atoms with Crippen molar-refractivity contribution < 1.29 is 13.9 Å². The molecule has 2 unspecified atom stereocenters. The molecule has 1 saturated heterocycles. The summed E-state index contributed by atoms with van der Waals surface area (Å²) >= 11 is 6.43. The number of hydrogen-bond acceptors (Lipinski definition) is 5. The highest BCUT2D eigenvalue weighted by atomic mass is 35.5. The van der Waals surface area contributed by atoms with Gasteiger partial charge >= 0.3 is 5.63 Å². The van der Waals surface area contributed by atoms with E-state index in [1.165, 1.54) is 6.07 Å². The van der Waals surface area contributed by atoms with E-state index in [1.54, 1.807) is 24.3 Å². The Morgan fingerprint density at radius 3 is 2.85 bits per heavy atom. The van der Waals surface area contributed by atoms with E-state index < -0.39 is 5.63 Å². The molecule has 3 aromatic rings. The van der Waals surface area contributed by atoms with Gasteiger partial charge < -0.3 is 18.6 Å². The Balaban J connectivity index is 1.32. The monoisotopic (exact) mass is 468 g/mol. The van der Waals surface area contributed by atoms with Gasteiger partial charge in [0.15, 0.2) is 6.61 Å². The Labute approximate surface area is 195 Å². The van der Waals surface area contributed by atoms with Crippen LogP contribution in [0.3, 0.4) is 0 Å². The minimum Gasteiger partial charge on any atom is -0.482 e. The average molecular weight is 469 g/mol. The fourth-order valence-corrected chi connectivity index (χ4v) is 5.36. The van der Waals surface area contributed by atoms with Gasteiger partial charge in [0.05, 0.1) is 5.02 Å². The Bertz CT molecular complexity index is 1340. The third-order valence-corrected chi connectivity index (χ3v) is 6.88. The number of fused-ring (bicyclic) bond motifs is 5. The smallest absolute Gasteiger partial charge is 0.336 e. The van der Waals surface area contributed by atoms with E-state index in [0.717, 1.165) is 35.9 Å². The van der Waals surface area contributed by atoms with E-state index in [1.807, 2.05) is 22.5 Å². The van der Waals surface area contributed by atoms with Crippen molar-refractivity contribution in [1.82, 2.24) is 9.47 Å². The molecule has 0 aliphatic carbocycles. The van der Waals surface area contributed by atoms with Gasteiger partial charge in [-0.15, -0.1) is 0 Å². The Kier molecular flexibility index (Phi) is 5.74. The summed E-state index contributed by atoms with van der Waals surface area (Å²) in [5, 5.41) is 1.14. The molecular weight excluding hydrogens is 444 g/mol. The zero-order valence-corrected chi connectivity index (χ0v) is 19.1. The van der Waals surface area contributed by atoms with Gasteiger partial charge in [0.25, 0.3) is 11.5 Å². The van der Waals surface area contributed by atoms with Gasteiger partial charge in [-0.1, -0.05) is 31.0 Å². The van der Waals surface area contributed by atoms with Crippen LogP contribution >= 0.6 is 11.6 Å². The number of pyridine rings is 1. The largest absolute Gasteiger partial charge is 0.482 e. The van der Waals surface area contributed by atoms with Crippen molar-refractivity contribution in [1.29, 1.82) is 0 Å². The molecule has 172 valence electrons. The van der Waals surface area contributed by atoms with Crippen LogP contribution in [-0.4, -0.2) is 35.1 Å². The van der Waals surface area contributed by atoms with Crippen LogP contribution < -0.4 is 15.9 Å². The van der Waals surface area contributed by atoms with E-state index in [2.05, 4.69) is 0 Å². The molecule has 33 heavy (non-hydrogen) atoms. The van der Waals surface area contributed by atoms with Gasteiger partial charge in [0.2, 0.25) is 0 Å². The van der Waals surface area contributed by atoms with Gasteiger partial charge in [-0.05, 0) is 36.5 Å². The van der Waals surface area contributed by atoms with Crippen molar-refractivity contribution in [3.05, 3.63) is 73.5 Å². The lowest BCUT2D eigenvalue weighted by Crippen LogP contribution is -2.50. The van der Waals surface area contributed by atoms with Crippen LogP contribution in [0.25, 0.3) is 11.0 Å². The van der Waals surface area contributed by atoms with E-state index in [9.17, 15) is 14.4 Å². The summed E-state index contributed by atoms with van der Waals surface area (Å²) in [5.41, 5.74) is 1.87. The maximum atomic E-state index is 13.0. The summed E-state index contributed by atoms with van der Waals surface area (Å²) in [6.45, 7) is 3.66. The highest BCUT2D eigenvalue weighted by Crippen LogP contribution is 2.35. The molecule has 5 rings (SSSR count). The maximum Gasteiger partial charge on any atom is 0.336 e. The number of amides is 1. The van der Waals surface area contributed by atoms with Crippen molar-refractivity contribution in [3.63, 3.8) is 0 Å². The predicted octanol–water partition coefficient (Wildman–Crippen LogP) is 3.59. The van der Waals surface area contributed by atoms with Crippen LogP contribution in [0.4, 0.5) is 0 Å². The lowest BCUT2D eigenvalue weighted by molar-refractivity contribution is -0.136. The Morgan fingerprint density at radius 2 is 2.03 bits per heavy atom. The molecule has 1 fully saturated rings. The van der Waals surface area contributed by atoms with E-state index in [-0.39, 0.29) is 29.9 Å². The third kappa shape index (κ3) is 4.17. The van der Waals surface area contributed by atoms with Gasteiger partial charge in [0, 0.05) is 54.8 Å². The van der Waals surface area contributed by atoms with Gasteiger partial charge in [-0.2, -0.15) is 0 Å².